The van der Waals surface area contributed by atoms with Gasteiger partial charge in [0.25, 0.3) is 0 Å². The van der Waals surface area contributed by atoms with Gasteiger partial charge in [-0.2, -0.15) is 0 Å². The maximum atomic E-state index is 6.17. The van der Waals surface area contributed by atoms with Crippen LogP contribution in [0.3, 0.4) is 0 Å². The molecular weight excluding hydrogens is 625 g/mol. The van der Waals surface area contributed by atoms with Crippen LogP contribution in [0.1, 0.15) is 11.1 Å². The molecule has 4 heteroatoms. The Kier molecular flexibility index (Phi) is 7.55. The third-order valence-electron chi connectivity index (χ3n) is 9.74. The van der Waals surface area contributed by atoms with Crippen molar-refractivity contribution in [1.29, 1.82) is 0 Å². The van der Waals surface area contributed by atoms with Gasteiger partial charge >= 0.3 is 0 Å². The Morgan fingerprint density at radius 2 is 0.941 bits per heavy atom. The molecule has 1 N–H and O–H groups in total. The zero-order valence-corrected chi connectivity index (χ0v) is 28.4. The fourth-order valence-corrected chi connectivity index (χ4v) is 7.11. The monoisotopic (exact) mass is 658 g/mol. The smallest absolute Gasteiger partial charge is 0.135 e. The molecule has 0 aliphatic rings. The minimum absolute atomic E-state index is 0.874. The number of aliphatic imine (C=N–C) groups is 1. The summed E-state index contributed by atoms with van der Waals surface area (Å²) in [6.07, 6.45) is 2.14. The topological polar surface area (TPSA) is 50.7 Å². The summed E-state index contributed by atoms with van der Waals surface area (Å²) in [6.45, 7) is 0. The molecule has 4 nitrogen and oxygen atoms in total. The maximum absolute atomic E-state index is 6.17. The molecule has 2 heterocycles. The molecule has 0 saturated carbocycles. The van der Waals surface area contributed by atoms with E-state index in [0.717, 1.165) is 88.7 Å². The van der Waals surface area contributed by atoms with Crippen molar-refractivity contribution in [3.05, 3.63) is 175 Å². The average molecular weight is 659 g/mol. The minimum Gasteiger partial charge on any atom is -0.456 e. The van der Waals surface area contributed by atoms with Crippen LogP contribution in [0.25, 0.3) is 83.0 Å². The predicted octanol–water partition coefficient (Wildman–Crippen LogP) is 12.2. The van der Waals surface area contributed by atoms with Crippen LogP contribution in [0, 0.1) is 0 Å². The third kappa shape index (κ3) is 5.57. The second-order valence-corrected chi connectivity index (χ2v) is 12.8. The van der Waals surface area contributed by atoms with Crippen molar-refractivity contribution in [3.63, 3.8) is 0 Å². The van der Waals surface area contributed by atoms with Crippen LogP contribution in [0.2, 0.25) is 0 Å². The SMILES string of the molecule is CN=C(/C=C(\NC)c1ccc(-c2ccccc2)cc1)c1cc(-c2ccc3oc4ccccc4c3c2)cc(-c2ccc3oc4ccccc4c3c2)c1. The highest BCUT2D eigenvalue weighted by molar-refractivity contribution is 6.14. The number of allylic oxidation sites excluding steroid dienone is 1. The summed E-state index contributed by atoms with van der Waals surface area (Å²) in [5.74, 6) is 0. The average Bonchev–Trinajstić information content (AvgIpc) is 3.76. The summed E-state index contributed by atoms with van der Waals surface area (Å²) in [5, 5.41) is 7.85. The predicted molar refractivity (Wildman–Crippen MR) is 213 cm³/mol. The lowest BCUT2D eigenvalue weighted by Crippen LogP contribution is -2.09. The summed E-state index contributed by atoms with van der Waals surface area (Å²) in [5.41, 5.74) is 14.3. The van der Waals surface area contributed by atoms with Gasteiger partial charge in [-0.1, -0.05) is 103 Å². The van der Waals surface area contributed by atoms with E-state index in [-0.39, 0.29) is 0 Å². The van der Waals surface area contributed by atoms with E-state index in [9.17, 15) is 0 Å². The van der Waals surface area contributed by atoms with Gasteiger partial charge in [-0.05, 0) is 99.6 Å². The number of nitrogens with one attached hydrogen (secondary N) is 1. The molecule has 51 heavy (non-hydrogen) atoms. The summed E-state index contributed by atoms with van der Waals surface area (Å²) >= 11 is 0. The van der Waals surface area contributed by atoms with Crippen LogP contribution < -0.4 is 5.32 Å². The Balaban J connectivity index is 1.18. The minimum atomic E-state index is 0.874. The number of furan rings is 2. The number of para-hydroxylation sites is 2. The van der Waals surface area contributed by atoms with Crippen molar-refractivity contribution in [3.8, 4) is 33.4 Å². The van der Waals surface area contributed by atoms with Gasteiger partial charge in [-0.25, -0.2) is 0 Å². The Bertz CT molecular complexity index is 2650. The molecule has 0 amide bonds. The second kappa shape index (κ2) is 12.7. The quantitative estimate of drug-likeness (QED) is 0.173. The van der Waals surface area contributed by atoms with Crippen LogP contribution in [0.4, 0.5) is 0 Å². The molecule has 0 unspecified atom stereocenters. The zero-order chi connectivity index (χ0) is 34.3. The van der Waals surface area contributed by atoms with Gasteiger partial charge in [-0.15, -0.1) is 0 Å². The van der Waals surface area contributed by atoms with E-state index in [2.05, 4.69) is 139 Å². The van der Waals surface area contributed by atoms with E-state index in [1.807, 2.05) is 44.4 Å². The van der Waals surface area contributed by atoms with Crippen molar-refractivity contribution in [2.75, 3.05) is 14.1 Å². The normalized spacial score (nSPS) is 12.4. The van der Waals surface area contributed by atoms with Crippen LogP contribution in [0.5, 0.6) is 0 Å². The summed E-state index contributed by atoms with van der Waals surface area (Å²) < 4.78 is 12.3. The van der Waals surface area contributed by atoms with Crippen LogP contribution in [-0.2, 0) is 0 Å². The van der Waals surface area contributed by atoms with E-state index >= 15 is 0 Å². The summed E-state index contributed by atoms with van der Waals surface area (Å²) in [6, 6.07) is 55.2. The number of rotatable bonds is 7. The number of hydrogen-bond acceptors (Lipinski definition) is 4. The number of nitrogens with zero attached hydrogens (tertiary/aromatic N) is 1. The van der Waals surface area contributed by atoms with E-state index in [1.165, 1.54) is 11.1 Å². The van der Waals surface area contributed by atoms with Gasteiger partial charge in [0.05, 0.1) is 5.71 Å². The molecule has 0 saturated heterocycles. The highest BCUT2D eigenvalue weighted by atomic mass is 16.3. The van der Waals surface area contributed by atoms with Crippen molar-refractivity contribution in [2.24, 2.45) is 4.99 Å². The van der Waals surface area contributed by atoms with Crippen molar-refractivity contribution in [2.45, 2.75) is 0 Å². The lowest BCUT2D eigenvalue weighted by Gasteiger charge is -2.14. The Hall–Kier alpha value is -6.65. The van der Waals surface area contributed by atoms with Gasteiger partial charge < -0.3 is 14.2 Å². The van der Waals surface area contributed by atoms with Gasteiger partial charge in [0.1, 0.15) is 22.3 Å². The van der Waals surface area contributed by atoms with Gasteiger partial charge in [-0.3, -0.25) is 4.99 Å². The first-order chi connectivity index (χ1) is 25.1. The first-order valence-corrected chi connectivity index (χ1v) is 17.2. The standard InChI is InChI=1S/C47H34N2O2/c1-48-42(32-18-16-31(17-19-32)30-10-4-3-5-11-30)29-43(49-2)37-25-35(33-20-22-46-40(27-33)38-12-6-8-14-44(38)50-46)24-36(26-37)34-21-23-47-41(28-34)39-13-7-9-15-45(39)51-47/h3-29,48H,1-2H3/b42-29-,49-43?. The Labute approximate surface area is 296 Å². The van der Waals surface area contributed by atoms with Crippen LogP contribution in [0.15, 0.2) is 178 Å². The van der Waals surface area contributed by atoms with Gasteiger partial charge in [0.2, 0.25) is 0 Å². The van der Waals surface area contributed by atoms with Gasteiger partial charge in [0.15, 0.2) is 0 Å². The van der Waals surface area contributed by atoms with Crippen LogP contribution in [-0.4, -0.2) is 19.8 Å². The highest BCUT2D eigenvalue weighted by Crippen LogP contribution is 2.37. The highest BCUT2D eigenvalue weighted by Gasteiger charge is 2.15. The number of benzene rings is 7. The molecule has 7 aromatic carbocycles. The maximum Gasteiger partial charge on any atom is 0.135 e. The first kappa shape index (κ1) is 30.4. The van der Waals surface area contributed by atoms with E-state index in [4.69, 9.17) is 13.8 Å². The van der Waals surface area contributed by atoms with Crippen LogP contribution >= 0.6 is 0 Å². The fraction of sp³-hybridized carbons (Fsp3) is 0.0426. The lowest BCUT2D eigenvalue weighted by atomic mass is 9.92. The third-order valence-corrected chi connectivity index (χ3v) is 9.74. The molecule has 9 rings (SSSR count). The van der Waals surface area contributed by atoms with Crippen molar-refractivity contribution < 1.29 is 8.83 Å². The molecular formula is C47H34N2O2. The van der Waals surface area contributed by atoms with E-state index in [1.54, 1.807) is 0 Å². The Morgan fingerprint density at radius 3 is 1.49 bits per heavy atom. The molecule has 0 aliphatic heterocycles. The molecule has 0 bridgehead atoms. The largest absolute Gasteiger partial charge is 0.456 e. The molecule has 9 aromatic rings. The lowest BCUT2D eigenvalue weighted by molar-refractivity contribution is 0.668. The molecule has 0 radical (unpaired) electrons. The molecule has 0 aliphatic carbocycles. The summed E-state index contributed by atoms with van der Waals surface area (Å²) in [4.78, 5) is 4.84. The number of fused-ring (bicyclic) bond motifs is 6. The molecule has 2 aromatic heterocycles. The first-order valence-electron chi connectivity index (χ1n) is 17.2. The fourth-order valence-electron chi connectivity index (χ4n) is 7.11. The van der Waals surface area contributed by atoms with Crippen molar-refractivity contribution >= 4 is 55.3 Å². The van der Waals surface area contributed by atoms with E-state index in [0.29, 0.717) is 0 Å². The molecule has 0 atom stereocenters. The second-order valence-electron chi connectivity index (χ2n) is 12.8. The van der Waals surface area contributed by atoms with Gasteiger partial charge in [0, 0.05) is 46.9 Å². The van der Waals surface area contributed by atoms with E-state index < -0.39 is 0 Å². The molecule has 0 spiro atoms. The number of hydrogen-bond donors (Lipinski definition) is 1. The molecule has 244 valence electrons. The summed E-state index contributed by atoms with van der Waals surface area (Å²) in [7, 11) is 3.82. The van der Waals surface area contributed by atoms with Crippen molar-refractivity contribution in [1.82, 2.24) is 5.32 Å². The molecule has 0 fully saturated rings. The zero-order valence-electron chi connectivity index (χ0n) is 28.4. The Morgan fingerprint density at radius 1 is 0.451 bits per heavy atom.